The first kappa shape index (κ1) is 22.0. The lowest BCUT2D eigenvalue weighted by Gasteiger charge is -2.47. The highest BCUT2D eigenvalue weighted by atomic mass is 16.8. The van der Waals surface area contributed by atoms with E-state index in [4.69, 9.17) is 33.2 Å². The number of benzene rings is 1. The lowest BCUT2D eigenvalue weighted by Crippen LogP contribution is -2.64. The Morgan fingerprint density at radius 1 is 0.867 bits per heavy atom. The topological polar surface area (TPSA) is 116 Å². The summed E-state index contributed by atoms with van der Waals surface area (Å²) in [7, 11) is 1.56. The summed E-state index contributed by atoms with van der Waals surface area (Å²) in [6.07, 6.45) is -5.87. The maximum atomic E-state index is 11.8. The molecule has 0 spiro atoms. The van der Waals surface area contributed by atoms with Crippen molar-refractivity contribution in [2.75, 3.05) is 13.7 Å². The van der Waals surface area contributed by atoms with Gasteiger partial charge in [0.25, 0.3) is 0 Å². The van der Waals surface area contributed by atoms with Crippen molar-refractivity contribution >= 4 is 17.9 Å². The predicted molar refractivity (Wildman–Crippen MR) is 98.1 cm³/mol. The van der Waals surface area contributed by atoms with Crippen molar-refractivity contribution in [1.82, 2.24) is 0 Å². The van der Waals surface area contributed by atoms with Gasteiger partial charge in [-0.1, -0.05) is 12.1 Å². The van der Waals surface area contributed by atoms with Crippen LogP contribution in [-0.4, -0.2) is 62.3 Å². The number of esters is 3. The summed E-state index contributed by atoms with van der Waals surface area (Å²) in [4.78, 5) is 34.9. The van der Waals surface area contributed by atoms with Gasteiger partial charge in [0.15, 0.2) is 12.4 Å². The molecule has 0 aliphatic carbocycles. The van der Waals surface area contributed by atoms with Crippen molar-refractivity contribution < 1.29 is 47.5 Å². The Hall–Kier alpha value is -2.69. The molecule has 0 amide bonds. The smallest absolute Gasteiger partial charge is 0.305 e. The molecule has 3 rings (SSSR count). The first-order valence-electron chi connectivity index (χ1n) is 9.36. The van der Waals surface area contributed by atoms with Crippen LogP contribution in [0.4, 0.5) is 0 Å². The summed E-state index contributed by atoms with van der Waals surface area (Å²) in [5, 5.41) is 0. The molecule has 0 saturated carbocycles. The fraction of sp³-hybridized carbons (Fsp3) is 0.550. The van der Waals surface area contributed by atoms with Gasteiger partial charge in [-0.15, -0.1) is 0 Å². The fourth-order valence-electron chi connectivity index (χ4n) is 3.38. The zero-order chi connectivity index (χ0) is 21.8. The molecule has 2 saturated heterocycles. The van der Waals surface area contributed by atoms with E-state index in [0.29, 0.717) is 11.3 Å². The quantitative estimate of drug-likeness (QED) is 0.505. The van der Waals surface area contributed by atoms with Crippen molar-refractivity contribution in [3.8, 4) is 5.75 Å². The highest BCUT2D eigenvalue weighted by Crippen LogP contribution is 2.37. The number of methoxy groups -OCH3 is 1. The molecule has 2 aliphatic heterocycles. The van der Waals surface area contributed by atoms with E-state index in [9.17, 15) is 14.4 Å². The van der Waals surface area contributed by atoms with Gasteiger partial charge in [-0.05, 0) is 12.1 Å². The van der Waals surface area contributed by atoms with Crippen LogP contribution in [0.5, 0.6) is 5.75 Å². The van der Waals surface area contributed by atoms with E-state index >= 15 is 0 Å². The number of ether oxygens (including phenoxy) is 7. The zero-order valence-corrected chi connectivity index (χ0v) is 17.1. The molecule has 10 heteroatoms. The summed E-state index contributed by atoms with van der Waals surface area (Å²) < 4.78 is 38.5. The van der Waals surface area contributed by atoms with Gasteiger partial charge in [0.1, 0.15) is 18.0 Å². The van der Waals surface area contributed by atoms with Crippen LogP contribution in [0.15, 0.2) is 24.3 Å². The fourth-order valence-corrected chi connectivity index (χ4v) is 3.38. The summed E-state index contributed by atoms with van der Waals surface area (Å²) in [6.45, 7) is 3.67. The molecule has 2 aliphatic rings. The van der Waals surface area contributed by atoms with E-state index in [1.807, 2.05) is 0 Å². The van der Waals surface area contributed by atoms with Gasteiger partial charge in [0.2, 0.25) is 12.4 Å². The number of hydrogen-bond donors (Lipinski definition) is 0. The highest BCUT2D eigenvalue weighted by Gasteiger charge is 2.54. The number of fused-ring (bicyclic) bond motifs is 1. The van der Waals surface area contributed by atoms with Crippen LogP contribution >= 0.6 is 0 Å². The van der Waals surface area contributed by atoms with E-state index in [0.717, 1.165) is 0 Å². The molecule has 1 aromatic carbocycles. The monoisotopic (exact) mass is 424 g/mol. The van der Waals surface area contributed by atoms with E-state index < -0.39 is 54.9 Å². The third-order valence-corrected chi connectivity index (χ3v) is 4.56. The van der Waals surface area contributed by atoms with Crippen molar-refractivity contribution in [2.45, 2.75) is 57.8 Å². The van der Waals surface area contributed by atoms with Gasteiger partial charge in [0.05, 0.1) is 13.7 Å². The van der Waals surface area contributed by atoms with Gasteiger partial charge in [-0.2, -0.15) is 0 Å². The Morgan fingerprint density at radius 3 is 2.03 bits per heavy atom. The molecular weight excluding hydrogens is 400 g/mol. The molecule has 10 nitrogen and oxygen atoms in total. The van der Waals surface area contributed by atoms with Gasteiger partial charge in [0, 0.05) is 26.3 Å². The highest BCUT2D eigenvalue weighted by molar-refractivity contribution is 5.68. The van der Waals surface area contributed by atoms with Crippen LogP contribution < -0.4 is 4.74 Å². The molecule has 0 aromatic heterocycles. The SMILES string of the molecule is COc1ccc(C2OCC3O[C@H](OC(C)=O)C(OC(C)=O)[C@H](OC(C)=O)[C@@H]3O2)cc1. The first-order chi connectivity index (χ1) is 14.3. The maximum absolute atomic E-state index is 11.8. The third-order valence-electron chi connectivity index (χ3n) is 4.56. The van der Waals surface area contributed by atoms with Crippen LogP contribution in [0, 0.1) is 0 Å². The van der Waals surface area contributed by atoms with Gasteiger partial charge in [-0.25, -0.2) is 0 Å². The van der Waals surface area contributed by atoms with Gasteiger partial charge < -0.3 is 33.2 Å². The molecule has 2 fully saturated rings. The minimum Gasteiger partial charge on any atom is -0.497 e. The molecule has 2 heterocycles. The number of rotatable bonds is 5. The van der Waals surface area contributed by atoms with Crippen LogP contribution in [0.25, 0.3) is 0 Å². The second-order valence-corrected chi connectivity index (χ2v) is 6.84. The molecule has 1 aromatic rings. The van der Waals surface area contributed by atoms with Gasteiger partial charge in [-0.3, -0.25) is 14.4 Å². The standard InChI is InChI=1S/C20H24O10/c1-10(21)26-17-16-15(29-20(28-12(3)23)18(17)27-11(2)22)9-25-19(30-16)13-5-7-14(24-4)8-6-13/h5-8,15-20H,9H2,1-4H3/t15?,16-,17-,18?,19?,20+/m1/s1. The van der Waals surface area contributed by atoms with Crippen molar-refractivity contribution in [3.63, 3.8) is 0 Å². The van der Waals surface area contributed by atoms with Crippen molar-refractivity contribution in [2.24, 2.45) is 0 Å². The molecule has 0 N–H and O–H groups in total. The van der Waals surface area contributed by atoms with Crippen LogP contribution in [0.1, 0.15) is 32.6 Å². The Morgan fingerprint density at radius 2 is 1.47 bits per heavy atom. The molecule has 6 atom stereocenters. The van der Waals surface area contributed by atoms with Gasteiger partial charge >= 0.3 is 17.9 Å². The van der Waals surface area contributed by atoms with E-state index in [1.165, 1.54) is 20.8 Å². The van der Waals surface area contributed by atoms with Crippen LogP contribution in [0.3, 0.4) is 0 Å². The van der Waals surface area contributed by atoms with Crippen LogP contribution in [-0.2, 0) is 42.8 Å². The Labute approximate surface area is 173 Å². The lowest BCUT2D eigenvalue weighted by atomic mass is 9.97. The Balaban J connectivity index is 1.87. The summed E-state index contributed by atoms with van der Waals surface area (Å²) in [5.74, 6) is -1.25. The number of carbonyl (C=O) groups excluding carboxylic acids is 3. The second kappa shape index (κ2) is 9.41. The normalized spacial score (nSPS) is 30.5. The average molecular weight is 424 g/mol. The van der Waals surface area contributed by atoms with E-state index in [-0.39, 0.29) is 6.61 Å². The van der Waals surface area contributed by atoms with Crippen LogP contribution in [0.2, 0.25) is 0 Å². The maximum Gasteiger partial charge on any atom is 0.305 e. The Kier molecular flexibility index (Phi) is 6.91. The number of carbonyl (C=O) groups is 3. The average Bonchev–Trinajstić information content (AvgIpc) is 2.69. The molecule has 30 heavy (non-hydrogen) atoms. The molecule has 3 unspecified atom stereocenters. The Bertz CT molecular complexity index is 776. The number of hydrogen-bond acceptors (Lipinski definition) is 10. The largest absolute Gasteiger partial charge is 0.497 e. The lowest BCUT2D eigenvalue weighted by molar-refractivity contribution is -0.356. The minimum absolute atomic E-state index is 0.0731. The molecule has 164 valence electrons. The summed E-state index contributed by atoms with van der Waals surface area (Å²) in [6, 6.07) is 7.07. The van der Waals surface area contributed by atoms with E-state index in [1.54, 1.807) is 31.4 Å². The molecular formula is C20H24O10. The molecule has 0 radical (unpaired) electrons. The first-order valence-corrected chi connectivity index (χ1v) is 9.36. The zero-order valence-electron chi connectivity index (χ0n) is 17.1. The molecule has 0 bridgehead atoms. The summed E-state index contributed by atoms with van der Waals surface area (Å²) >= 11 is 0. The summed E-state index contributed by atoms with van der Waals surface area (Å²) in [5.41, 5.74) is 0.710. The second-order valence-electron chi connectivity index (χ2n) is 6.84. The van der Waals surface area contributed by atoms with E-state index in [2.05, 4.69) is 0 Å². The van der Waals surface area contributed by atoms with Crippen molar-refractivity contribution in [1.29, 1.82) is 0 Å². The third kappa shape index (κ3) is 5.07. The minimum atomic E-state index is -1.28. The predicted octanol–water partition coefficient (Wildman–Crippen LogP) is 1.26. The van der Waals surface area contributed by atoms with Crippen molar-refractivity contribution in [3.05, 3.63) is 29.8 Å².